The number of ether oxygens (including phenoxy) is 1. The van der Waals surface area contributed by atoms with Gasteiger partial charge < -0.3 is 4.74 Å². The maximum Gasteiger partial charge on any atom is 0.269 e. The van der Waals surface area contributed by atoms with E-state index in [1.54, 1.807) is 12.1 Å². The molecule has 5 nitrogen and oxygen atoms in total. The zero-order valence-electron chi connectivity index (χ0n) is 54.9. The van der Waals surface area contributed by atoms with Gasteiger partial charge in [0.25, 0.3) is 6.33 Å². The van der Waals surface area contributed by atoms with Gasteiger partial charge in [-0.15, -0.1) is 0 Å². The smallest absolute Gasteiger partial charge is 0.269 e. The summed E-state index contributed by atoms with van der Waals surface area (Å²) in [5.74, 6) is 1.94. The molecular weight excluding hydrogens is 913 g/mol. The molecule has 11 aromatic rings. The number of hydrogen-bond acceptors (Lipinski definition) is 2. The summed E-state index contributed by atoms with van der Waals surface area (Å²) < 4.78 is 102. The van der Waals surface area contributed by atoms with E-state index in [0.717, 1.165) is 44.3 Å². The fourth-order valence-corrected chi connectivity index (χ4v) is 9.96. The Morgan fingerprint density at radius 2 is 1.12 bits per heavy atom. The van der Waals surface area contributed by atoms with Gasteiger partial charge in [0.1, 0.15) is 17.3 Å². The van der Waals surface area contributed by atoms with E-state index >= 15 is 0 Å². The van der Waals surface area contributed by atoms with Crippen LogP contribution in [0.5, 0.6) is 11.5 Å². The number of benzene rings is 8. The van der Waals surface area contributed by atoms with Crippen LogP contribution in [0.4, 0.5) is 0 Å². The van der Waals surface area contributed by atoms with Crippen molar-refractivity contribution in [1.82, 2.24) is 14.1 Å². The summed E-state index contributed by atoms with van der Waals surface area (Å²) in [5.41, 5.74) is 9.40. The molecule has 8 aromatic carbocycles. The molecule has 11 rings (SSSR count). The average Bonchev–Trinajstić information content (AvgIpc) is 2.14. The second-order valence-electron chi connectivity index (χ2n) is 23.7. The van der Waals surface area contributed by atoms with Gasteiger partial charge in [0, 0.05) is 23.0 Å². The maximum atomic E-state index is 9.46. The summed E-state index contributed by atoms with van der Waals surface area (Å²) >= 11 is 0. The number of fused-ring (bicyclic) bond motifs is 4. The quantitative estimate of drug-likeness (QED) is 0.112. The SMILES string of the molecule is [2H]c1c([2H])c([2H])c(-c2cc(-c3c([2H])c([2H])c([2H])c([2H])c3[2H])c(-[n+]3[c-]n(-c4cccc(Oc5ccc6c7ccccc7n(-c7cc(C(C)(C)C)ccn7)c6c5)c4)c4cc(-c5cc(C(C)(C)C)cc(C(C)(C)C)c5)ccc43)c(C(C)(C)C)c2)c([2H])c1[2H]. The average molecular weight is 991 g/mol. The van der Waals surface area contributed by atoms with Crippen molar-refractivity contribution in [3.05, 3.63) is 223 Å². The molecule has 374 valence electrons. The minimum Gasteiger partial charge on any atom is -0.458 e. The lowest BCUT2D eigenvalue weighted by Gasteiger charge is -2.27. The van der Waals surface area contributed by atoms with Crippen LogP contribution in [0.2, 0.25) is 0 Å². The molecule has 0 fully saturated rings. The molecule has 0 bridgehead atoms. The van der Waals surface area contributed by atoms with Crippen LogP contribution in [0.15, 0.2) is 194 Å². The summed E-state index contributed by atoms with van der Waals surface area (Å²) in [6, 6.07) is 37.6. The van der Waals surface area contributed by atoms with E-state index in [0.29, 0.717) is 39.5 Å². The number of nitrogens with zero attached hydrogens (tertiary/aromatic N) is 4. The summed E-state index contributed by atoms with van der Waals surface area (Å²) in [4.78, 5) is 4.89. The summed E-state index contributed by atoms with van der Waals surface area (Å²) in [6.07, 6.45) is 5.57. The van der Waals surface area contributed by atoms with Gasteiger partial charge in [0.15, 0.2) is 0 Å². The Bertz CT molecular complexity index is 4480. The minimum absolute atomic E-state index is 0.0892. The number of rotatable bonds is 8. The number of pyridine rings is 1. The van der Waals surface area contributed by atoms with Gasteiger partial charge in [-0.05, 0) is 138 Å². The van der Waals surface area contributed by atoms with Crippen molar-refractivity contribution in [1.29, 1.82) is 0 Å². The number of para-hydroxylation sites is 1. The molecule has 5 heteroatoms. The first kappa shape index (κ1) is 38.5. The standard InChI is InChI=1S/C70H68N4O/c1-67(2,3)51-34-35-71-65(42-51)74-61-29-20-19-28-57(61)58-32-31-56(44-63(58)74)75-55-27-21-26-54(43-55)72-45-73(62-33-30-48(40-64(62)72)49-36-52(68(4,5)6)41-53(37-49)69(7,8)9)66-59(47-24-17-14-18-25-47)38-50(39-60(66)70(10,11)12)46-22-15-13-16-23-46/h13-44H,1-12H3/i13D,14D,15D,16D,17D,18D,22D,23D,24D,25D. The Hall–Kier alpha value is -8.02. The van der Waals surface area contributed by atoms with Crippen LogP contribution in [-0.4, -0.2) is 14.1 Å². The van der Waals surface area contributed by atoms with Crippen LogP contribution < -0.4 is 9.30 Å². The van der Waals surface area contributed by atoms with Crippen LogP contribution in [-0.2, 0) is 21.7 Å². The highest BCUT2D eigenvalue weighted by atomic mass is 16.5. The zero-order valence-corrected chi connectivity index (χ0v) is 44.9. The Morgan fingerprint density at radius 3 is 1.80 bits per heavy atom. The third-order valence-corrected chi connectivity index (χ3v) is 14.2. The molecule has 0 atom stereocenters. The molecule has 0 aliphatic rings. The number of aromatic nitrogens is 4. The third kappa shape index (κ3) is 9.46. The molecule has 0 unspecified atom stereocenters. The lowest BCUT2D eigenvalue weighted by atomic mass is 9.79. The van der Waals surface area contributed by atoms with E-state index < -0.39 is 65.8 Å². The van der Waals surface area contributed by atoms with E-state index in [1.165, 1.54) is 11.1 Å². The molecule has 3 aromatic heterocycles. The van der Waals surface area contributed by atoms with E-state index in [9.17, 15) is 2.74 Å². The molecule has 0 aliphatic carbocycles. The fourth-order valence-electron chi connectivity index (χ4n) is 9.96. The predicted octanol–water partition coefficient (Wildman–Crippen LogP) is 18.2. The van der Waals surface area contributed by atoms with Crippen molar-refractivity contribution in [3.63, 3.8) is 0 Å². The first-order valence-corrected chi connectivity index (χ1v) is 25.6. The van der Waals surface area contributed by atoms with Gasteiger partial charge >= 0.3 is 0 Å². The van der Waals surface area contributed by atoms with E-state index in [-0.39, 0.29) is 38.5 Å². The molecule has 0 saturated heterocycles. The van der Waals surface area contributed by atoms with E-state index in [2.05, 4.69) is 134 Å². The summed E-state index contributed by atoms with van der Waals surface area (Å²) in [6.45, 7) is 25.8. The predicted molar refractivity (Wildman–Crippen MR) is 313 cm³/mol. The number of hydrogen-bond donors (Lipinski definition) is 0. The van der Waals surface area contributed by atoms with Gasteiger partial charge in [-0.25, -0.2) is 4.98 Å². The van der Waals surface area contributed by atoms with Crippen LogP contribution >= 0.6 is 0 Å². The second kappa shape index (κ2) is 18.4. The van der Waals surface area contributed by atoms with Crippen molar-refractivity contribution in [2.45, 2.75) is 105 Å². The first-order chi connectivity index (χ1) is 39.8. The van der Waals surface area contributed by atoms with E-state index in [4.69, 9.17) is 20.7 Å². The van der Waals surface area contributed by atoms with Gasteiger partial charge in [-0.2, -0.15) is 0 Å². The molecular formula is C70H68N4O. The molecule has 3 heterocycles. The molecule has 0 amide bonds. The molecule has 0 aliphatic heterocycles. The number of imidazole rings is 1. The first-order valence-electron chi connectivity index (χ1n) is 30.6. The second-order valence-corrected chi connectivity index (χ2v) is 23.7. The fraction of sp³-hybridized carbons (Fsp3) is 0.229. The van der Waals surface area contributed by atoms with E-state index in [1.807, 2.05) is 90.7 Å². The largest absolute Gasteiger partial charge is 0.458 e. The summed E-state index contributed by atoms with van der Waals surface area (Å²) in [7, 11) is 0. The molecule has 0 N–H and O–H groups in total. The van der Waals surface area contributed by atoms with Gasteiger partial charge in [0.05, 0.1) is 47.1 Å². The van der Waals surface area contributed by atoms with Gasteiger partial charge in [0.2, 0.25) is 0 Å². The van der Waals surface area contributed by atoms with Crippen molar-refractivity contribution < 1.29 is 23.0 Å². The Kier molecular flexibility index (Phi) is 9.47. The van der Waals surface area contributed by atoms with Crippen LogP contribution in [0, 0.1) is 6.33 Å². The minimum atomic E-state index is -0.793. The molecule has 0 saturated carbocycles. The highest BCUT2D eigenvalue weighted by Crippen LogP contribution is 2.42. The van der Waals surface area contributed by atoms with Crippen molar-refractivity contribution in [2.75, 3.05) is 0 Å². The Labute approximate surface area is 457 Å². The third-order valence-electron chi connectivity index (χ3n) is 14.2. The topological polar surface area (TPSA) is 35.9 Å². The molecule has 0 spiro atoms. The van der Waals surface area contributed by atoms with Crippen molar-refractivity contribution in [3.8, 4) is 62.1 Å². The lowest BCUT2D eigenvalue weighted by molar-refractivity contribution is -0.572. The van der Waals surface area contributed by atoms with Crippen molar-refractivity contribution in [2.24, 2.45) is 0 Å². The monoisotopic (exact) mass is 991 g/mol. The van der Waals surface area contributed by atoms with Crippen LogP contribution in [0.3, 0.4) is 0 Å². The molecule has 75 heavy (non-hydrogen) atoms. The molecule has 0 radical (unpaired) electrons. The Morgan fingerprint density at radius 1 is 0.480 bits per heavy atom. The van der Waals surface area contributed by atoms with Gasteiger partial charge in [-0.1, -0.05) is 204 Å². The normalized spacial score (nSPS) is 14.4. The van der Waals surface area contributed by atoms with Crippen LogP contribution in [0.1, 0.15) is 119 Å². The van der Waals surface area contributed by atoms with Crippen LogP contribution in [0.25, 0.3) is 83.4 Å². The highest BCUT2D eigenvalue weighted by molar-refractivity contribution is 6.09. The maximum absolute atomic E-state index is 9.46. The van der Waals surface area contributed by atoms with Gasteiger partial charge in [-0.3, -0.25) is 13.7 Å². The lowest BCUT2D eigenvalue weighted by Crippen LogP contribution is -2.34. The summed E-state index contributed by atoms with van der Waals surface area (Å²) in [5, 5.41) is 2.14. The van der Waals surface area contributed by atoms with Crippen molar-refractivity contribution >= 4 is 32.8 Å². The zero-order chi connectivity index (χ0) is 61.3. The Balaban J connectivity index is 1.18. The highest BCUT2D eigenvalue weighted by Gasteiger charge is 2.28.